The summed E-state index contributed by atoms with van der Waals surface area (Å²) in [5.74, 6) is -0.379. The maximum atomic E-state index is 11.8. The number of thioether (sulfide) groups is 1. The van der Waals surface area contributed by atoms with Crippen molar-refractivity contribution in [3.63, 3.8) is 0 Å². The number of amides is 1. The molecule has 0 aliphatic rings. The number of carbonyl (C=O) groups excluding carboxylic acids is 1. The molecule has 8 heteroatoms. The topological polar surface area (TPSA) is 88.3 Å². The Balaban J connectivity index is 2.90. The van der Waals surface area contributed by atoms with Gasteiger partial charge in [0.2, 0.25) is 5.91 Å². The molecule has 19 heavy (non-hydrogen) atoms. The van der Waals surface area contributed by atoms with Crippen LogP contribution in [-0.4, -0.2) is 56.5 Å². The minimum absolute atomic E-state index is 0.0747. The molecule has 0 aliphatic carbocycles. The van der Waals surface area contributed by atoms with Crippen molar-refractivity contribution >= 4 is 23.6 Å². The van der Waals surface area contributed by atoms with Gasteiger partial charge in [0.05, 0.1) is 5.75 Å². The van der Waals surface area contributed by atoms with Crippen LogP contribution in [0.4, 0.5) is 0 Å². The first kappa shape index (κ1) is 15.5. The van der Waals surface area contributed by atoms with Crippen LogP contribution in [0.2, 0.25) is 0 Å². The van der Waals surface area contributed by atoms with Crippen molar-refractivity contribution in [1.82, 2.24) is 19.7 Å². The molecule has 0 aliphatic heterocycles. The molecule has 1 heterocycles. The Bertz CT molecular complexity index is 459. The average molecular weight is 286 g/mol. The van der Waals surface area contributed by atoms with E-state index < -0.39 is 5.97 Å². The molecule has 0 radical (unpaired) electrons. The lowest BCUT2D eigenvalue weighted by Crippen LogP contribution is -2.27. The van der Waals surface area contributed by atoms with E-state index in [1.54, 1.807) is 18.7 Å². The third kappa shape index (κ3) is 4.55. The second-order valence-corrected chi connectivity index (χ2v) is 5.15. The lowest BCUT2D eigenvalue weighted by molar-refractivity contribution is -0.134. The molecule has 1 aromatic rings. The number of carbonyl (C=O) groups is 2. The molecule has 1 N–H and O–H groups in total. The lowest BCUT2D eigenvalue weighted by Gasteiger charge is -2.13. The molecule has 1 aromatic heterocycles. The summed E-state index contributed by atoms with van der Waals surface area (Å²) in [6, 6.07) is 0. The summed E-state index contributed by atoms with van der Waals surface area (Å²) in [6.45, 7) is 2.15. The van der Waals surface area contributed by atoms with Crippen LogP contribution in [0.1, 0.15) is 19.2 Å². The zero-order chi connectivity index (χ0) is 14.4. The van der Waals surface area contributed by atoms with E-state index in [0.29, 0.717) is 17.4 Å². The summed E-state index contributed by atoms with van der Waals surface area (Å²) < 4.78 is 1.69. The minimum Gasteiger partial charge on any atom is -0.481 e. The average Bonchev–Trinajstić information content (AvgIpc) is 2.70. The number of likely N-dealkylation sites (N-methyl/N-ethyl adjacent to an activating group) is 1. The molecule has 0 bridgehead atoms. The summed E-state index contributed by atoms with van der Waals surface area (Å²) in [6.07, 6.45) is 1.60. The molecule has 0 aromatic carbocycles. The van der Waals surface area contributed by atoms with Crippen LogP contribution >= 0.6 is 11.8 Å². The van der Waals surface area contributed by atoms with Gasteiger partial charge >= 0.3 is 5.97 Å². The van der Waals surface area contributed by atoms with Crippen LogP contribution in [0.3, 0.4) is 0 Å². The van der Waals surface area contributed by atoms with E-state index in [-0.39, 0.29) is 18.2 Å². The van der Waals surface area contributed by atoms with Gasteiger partial charge in [0.15, 0.2) is 5.16 Å². The maximum absolute atomic E-state index is 11.8. The lowest BCUT2D eigenvalue weighted by atomic mass is 10.3. The zero-order valence-corrected chi connectivity index (χ0v) is 12.1. The number of carboxylic acid groups (broad SMARTS) is 1. The molecule has 7 nitrogen and oxygen atoms in total. The fourth-order valence-electron chi connectivity index (χ4n) is 1.40. The number of carboxylic acids is 1. The minimum atomic E-state index is -0.921. The molecule has 1 amide bonds. The Kier molecular flexibility index (Phi) is 5.81. The Hall–Kier alpha value is -1.57. The molecule has 0 unspecified atom stereocenters. The molecule has 0 saturated heterocycles. The monoisotopic (exact) mass is 286 g/mol. The number of nitrogens with zero attached hydrogens (tertiary/aromatic N) is 4. The van der Waals surface area contributed by atoms with E-state index in [9.17, 15) is 9.59 Å². The summed E-state index contributed by atoms with van der Waals surface area (Å²) in [5, 5.41) is 17.2. The number of rotatable bonds is 7. The molecule has 0 spiro atoms. The summed E-state index contributed by atoms with van der Waals surface area (Å²) >= 11 is 1.07. The first-order valence-corrected chi connectivity index (χ1v) is 6.91. The van der Waals surface area contributed by atoms with Gasteiger partial charge in [0.25, 0.3) is 0 Å². The first-order chi connectivity index (χ1) is 8.95. The number of aromatic nitrogens is 3. The summed E-state index contributed by atoms with van der Waals surface area (Å²) in [4.78, 5) is 23.9. The largest absolute Gasteiger partial charge is 0.481 e. The second kappa shape index (κ2) is 7.13. The third-order valence-corrected chi connectivity index (χ3v) is 3.34. The van der Waals surface area contributed by atoms with Crippen LogP contribution in [0.15, 0.2) is 5.16 Å². The van der Waals surface area contributed by atoms with Gasteiger partial charge in [0, 0.05) is 20.5 Å². The molecule has 106 valence electrons. The van der Waals surface area contributed by atoms with Crippen LogP contribution < -0.4 is 0 Å². The molecular formula is C11H18N4O3S. The van der Waals surface area contributed by atoms with Gasteiger partial charge in [-0.15, -0.1) is 10.2 Å². The highest BCUT2D eigenvalue weighted by molar-refractivity contribution is 7.99. The number of hydrogen-bond donors (Lipinski definition) is 1. The van der Waals surface area contributed by atoms with Crippen LogP contribution in [0.5, 0.6) is 0 Å². The molecule has 0 fully saturated rings. The van der Waals surface area contributed by atoms with E-state index in [4.69, 9.17) is 5.11 Å². The fraction of sp³-hybridized carbons (Fsp3) is 0.636. The molecule has 1 rings (SSSR count). The van der Waals surface area contributed by atoms with Gasteiger partial charge in [-0.3, -0.25) is 14.2 Å². The first-order valence-electron chi connectivity index (χ1n) is 5.92. The van der Waals surface area contributed by atoms with Crippen molar-refractivity contribution in [3.05, 3.63) is 5.82 Å². The van der Waals surface area contributed by atoms with Crippen LogP contribution in [-0.2, 0) is 22.6 Å². The van der Waals surface area contributed by atoms with Gasteiger partial charge in [-0.25, -0.2) is 0 Å². The van der Waals surface area contributed by atoms with Crippen molar-refractivity contribution in [1.29, 1.82) is 0 Å². The Morgan fingerprint density at radius 3 is 2.58 bits per heavy atom. The van der Waals surface area contributed by atoms with Crippen molar-refractivity contribution in [2.75, 3.05) is 19.8 Å². The highest BCUT2D eigenvalue weighted by Gasteiger charge is 2.16. The molecule has 0 atom stereocenters. The van der Waals surface area contributed by atoms with Crippen molar-refractivity contribution in [3.8, 4) is 0 Å². The molecular weight excluding hydrogens is 268 g/mol. The van der Waals surface area contributed by atoms with E-state index in [1.807, 2.05) is 6.92 Å². The van der Waals surface area contributed by atoms with Crippen LogP contribution in [0, 0.1) is 0 Å². The quantitative estimate of drug-likeness (QED) is 0.734. The summed E-state index contributed by atoms with van der Waals surface area (Å²) in [7, 11) is 3.35. The Morgan fingerprint density at radius 2 is 2.05 bits per heavy atom. The molecule has 0 saturated carbocycles. The Morgan fingerprint density at radius 1 is 1.37 bits per heavy atom. The van der Waals surface area contributed by atoms with Crippen molar-refractivity contribution in [2.24, 2.45) is 0 Å². The zero-order valence-electron chi connectivity index (χ0n) is 11.3. The Labute approximate surface area is 116 Å². The van der Waals surface area contributed by atoms with Gasteiger partial charge in [-0.1, -0.05) is 18.7 Å². The fourth-order valence-corrected chi connectivity index (χ4v) is 2.07. The third-order valence-electron chi connectivity index (χ3n) is 2.38. The van der Waals surface area contributed by atoms with E-state index in [0.717, 1.165) is 18.2 Å². The number of hydrogen-bond acceptors (Lipinski definition) is 5. The van der Waals surface area contributed by atoms with Gasteiger partial charge in [0.1, 0.15) is 12.4 Å². The number of aryl methyl sites for hydroxylation is 1. The van der Waals surface area contributed by atoms with Gasteiger partial charge in [-0.2, -0.15) is 0 Å². The highest BCUT2D eigenvalue weighted by atomic mass is 32.2. The van der Waals surface area contributed by atoms with Gasteiger partial charge in [-0.05, 0) is 6.42 Å². The van der Waals surface area contributed by atoms with Crippen LogP contribution in [0.25, 0.3) is 0 Å². The predicted molar refractivity (Wildman–Crippen MR) is 71.1 cm³/mol. The maximum Gasteiger partial charge on any atom is 0.313 e. The smallest absolute Gasteiger partial charge is 0.313 e. The normalized spacial score (nSPS) is 10.5. The van der Waals surface area contributed by atoms with Gasteiger partial charge < -0.3 is 10.0 Å². The highest BCUT2D eigenvalue weighted by Crippen LogP contribution is 2.17. The standard InChI is InChI=1S/C11H18N4O3S/c1-4-5-8-12-13-11(19-7-10(17)18)15(8)6-9(16)14(2)3/h4-7H2,1-3H3,(H,17,18). The van der Waals surface area contributed by atoms with E-state index in [2.05, 4.69) is 10.2 Å². The SMILES string of the molecule is CCCc1nnc(SCC(=O)O)n1CC(=O)N(C)C. The number of aliphatic carboxylic acids is 1. The van der Waals surface area contributed by atoms with E-state index >= 15 is 0 Å². The predicted octanol–water partition coefficient (Wildman–Crippen LogP) is 0.495. The van der Waals surface area contributed by atoms with Crippen molar-refractivity contribution in [2.45, 2.75) is 31.5 Å². The summed E-state index contributed by atoms with van der Waals surface area (Å²) in [5.41, 5.74) is 0. The van der Waals surface area contributed by atoms with E-state index in [1.165, 1.54) is 4.90 Å². The van der Waals surface area contributed by atoms with Crippen molar-refractivity contribution < 1.29 is 14.7 Å². The second-order valence-electron chi connectivity index (χ2n) is 4.21.